The van der Waals surface area contributed by atoms with E-state index < -0.39 is 0 Å². The molecule has 0 heterocycles. The molecule has 0 radical (unpaired) electrons. The van der Waals surface area contributed by atoms with Gasteiger partial charge in [0.1, 0.15) is 5.82 Å². The number of hydrazine groups is 1. The summed E-state index contributed by atoms with van der Waals surface area (Å²) in [6, 6.07) is 13.0. The molecule has 3 heteroatoms. The second-order valence-corrected chi connectivity index (χ2v) is 4.46. The van der Waals surface area contributed by atoms with E-state index in [9.17, 15) is 4.39 Å². The van der Waals surface area contributed by atoms with Crippen molar-refractivity contribution in [3.8, 4) is 0 Å². The minimum absolute atomic E-state index is 0.193. The van der Waals surface area contributed by atoms with Gasteiger partial charge in [0.05, 0.1) is 6.04 Å². The van der Waals surface area contributed by atoms with E-state index in [1.54, 1.807) is 13.0 Å². The molecule has 0 aromatic heterocycles. The maximum Gasteiger partial charge on any atom is 0.126 e. The van der Waals surface area contributed by atoms with E-state index in [2.05, 4.69) is 5.43 Å². The van der Waals surface area contributed by atoms with Crippen LogP contribution in [0.3, 0.4) is 0 Å². The van der Waals surface area contributed by atoms with Crippen LogP contribution >= 0.6 is 0 Å². The maximum atomic E-state index is 13.6. The number of rotatable bonds is 3. The number of nitrogens with one attached hydrogen (secondary N) is 1. The first-order valence-electron chi connectivity index (χ1n) is 5.91. The Balaban J connectivity index is 2.45. The predicted octanol–water partition coefficient (Wildman–Crippen LogP) is 3.00. The lowest BCUT2D eigenvalue weighted by atomic mass is 9.95. The third-order valence-corrected chi connectivity index (χ3v) is 3.20. The first kappa shape index (κ1) is 12.7. The first-order chi connectivity index (χ1) is 8.63. The zero-order valence-electron chi connectivity index (χ0n) is 10.6. The fourth-order valence-corrected chi connectivity index (χ4v) is 2.06. The molecule has 2 aromatic rings. The molecule has 2 rings (SSSR count). The summed E-state index contributed by atoms with van der Waals surface area (Å²) in [5.41, 5.74) is 6.41. The number of hydrogen-bond donors (Lipinski definition) is 2. The summed E-state index contributed by atoms with van der Waals surface area (Å²) in [6.45, 7) is 3.77. The number of hydrogen-bond acceptors (Lipinski definition) is 2. The Kier molecular flexibility index (Phi) is 3.75. The fraction of sp³-hybridized carbons (Fsp3) is 0.200. The van der Waals surface area contributed by atoms with E-state index in [1.807, 2.05) is 37.3 Å². The van der Waals surface area contributed by atoms with Gasteiger partial charge in [-0.3, -0.25) is 5.84 Å². The van der Waals surface area contributed by atoms with Gasteiger partial charge in [-0.2, -0.15) is 0 Å². The molecule has 0 amide bonds. The highest BCUT2D eigenvalue weighted by Crippen LogP contribution is 2.25. The minimum atomic E-state index is -0.207. The number of aryl methyl sites for hydroxylation is 2. The molecule has 0 spiro atoms. The van der Waals surface area contributed by atoms with Crippen molar-refractivity contribution < 1.29 is 4.39 Å². The molecule has 0 saturated heterocycles. The topological polar surface area (TPSA) is 38.0 Å². The molecular weight excluding hydrogens is 227 g/mol. The van der Waals surface area contributed by atoms with Crippen molar-refractivity contribution in [2.24, 2.45) is 5.84 Å². The quantitative estimate of drug-likeness (QED) is 0.643. The highest BCUT2D eigenvalue weighted by molar-refractivity contribution is 5.37. The van der Waals surface area contributed by atoms with Gasteiger partial charge in [0, 0.05) is 0 Å². The van der Waals surface area contributed by atoms with Gasteiger partial charge in [-0.05, 0) is 42.2 Å². The maximum absolute atomic E-state index is 13.6. The number of halogens is 1. The molecule has 1 atom stereocenters. The summed E-state index contributed by atoms with van der Waals surface area (Å²) in [5.74, 6) is 5.41. The van der Waals surface area contributed by atoms with Gasteiger partial charge in [0.2, 0.25) is 0 Å². The average molecular weight is 244 g/mol. The first-order valence-corrected chi connectivity index (χ1v) is 5.91. The normalized spacial score (nSPS) is 12.4. The Morgan fingerprint density at radius 3 is 2.39 bits per heavy atom. The van der Waals surface area contributed by atoms with Crippen LogP contribution in [-0.2, 0) is 0 Å². The van der Waals surface area contributed by atoms with Crippen molar-refractivity contribution in [3.63, 3.8) is 0 Å². The Labute approximate surface area is 107 Å². The monoisotopic (exact) mass is 244 g/mol. The lowest BCUT2D eigenvalue weighted by Crippen LogP contribution is -2.29. The third-order valence-electron chi connectivity index (χ3n) is 3.20. The highest BCUT2D eigenvalue weighted by atomic mass is 19.1. The molecule has 0 saturated carbocycles. The summed E-state index contributed by atoms with van der Waals surface area (Å²) >= 11 is 0. The van der Waals surface area contributed by atoms with E-state index in [0.29, 0.717) is 5.56 Å². The third kappa shape index (κ3) is 2.42. The largest absolute Gasteiger partial charge is 0.271 e. The highest BCUT2D eigenvalue weighted by Gasteiger charge is 2.15. The zero-order chi connectivity index (χ0) is 13.1. The summed E-state index contributed by atoms with van der Waals surface area (Å²) in [4.78, 5) is 0. The van der Waals surface area contributed by atoms with Crippen LogP contribution in [0.4, 0.5) is 4.39 Å². The molecule has 94 valence electrons. The van der Waals surface area contributed by atoms with Crippen molar-refractivity contribution in [1.82, 2.24) is 5.43 Å². The second-order valence-electron chi connectivity index (χ2n) is 4.46. The summed E-state index contributed by atoms with van der Waals surface area (Å²) in [7, 11) is 0. The van der Waals surface area contributed by atoms with Gasteiger partial charge in [-0.15, -0.1) is 0 Å². The van der Waals surface area contributed by atoms with Crippen LogP contribution in [0.25, 0.3) is 0 Å². The summed E-state index contributed by atoms with van der Waals surface area (Å²) in [6.07, 6.45) is 0. The van der Waals surface area contributed by atoms with Gasteiger partial charge < -0.3 is 0 Å². The minimum Gasteiger partial charge on any atom is -0.271 e. The van der Waals surface area contributed by atoms with Crippen LogP contribution in [0.5, 0.6) is 0 Å². The van der Waals surface area contributed by atoms with E-state index in [1.165, 1.54) is 6.07 Å². The van der Waals surface area contributed by atoms with Gasteiger partial charge in [-0.25, -0.2) is 9.82 Å². The number of benzene rings is 2. The lowest BCUT2D eigenvalue weighted by molar-refractivity contribution is 0.598. The molecule has 3 N–H and O–H groups in total. The van der Waals surface area contributed by atoms with Gasteiger partial charge in [0.15, 0.2) is 0 Å². The van der Waals surface area contributed by atoms with E-state index in [0.717, 1.165) is 16.7 Å². The van der Waals surface area contributed by atoms with Crippen molar-refractivity contribution in [2.75, 3.05) is 0 Å². The van der Waals surface area contributed by atoms with Gasteiger partial charge >= 0.3 is 0 Å². The molecule has 0 fully saturated rings. The molecule has 0 aliphatic carbocycles. The molecule has 0 aliphatic rings. The van der Waals surface area contributed by atoms with Crippen LogP contribution in [0.2, 0.25) is 0 Å². The molecular formula is C15H17FN2. The lowest BCUT2D eigenvalue weighted by Gasteiger charge is -2.19. The second kappa shape index (κ2) is 5.29. The Bertz CT molecular complexity index is 552. The van der Waals surface area contributed by atoms with Gasteiger partial charge in [0.25, 0.3) is 0 Å². The van der Waals surface area contributed by atoms with E-state index >= 15 is 0 Å². The van der Waals surface area contributed by atoms with E-state index in [4.69, 9.17) is 5.84 Å². The molecule has 0 bridgehead atoms. The summed E-state index contributed by atoms with van der Waals surface area (Å²) < 4.78 is 13.6. The Morgan fingerprint density at radius 1 is 1.06 bits per heavy atom. The number of nitrogens with two attached hydrogens (primary N) is 1. The summed E-state index contributed by atoms with van der Waals surface area (Å²) in [5, 5.41) is 0. The van der Waals surface area contributed by atoms with Crippen LogP contribution in [0.15, 0.2) is 42.5 Å². The van der Waals surface area contributed by atoms with Gasteiger partial charge in [-0.1, -0.05) is 36.4 Å². The molecule has 0 aliphatic heterocycles. The Hall–Kier alpha value is -1.71. The van der Waals surface area contributed by atoms with Crippen LogP contribution in [-0.4, -0.2) is 0 Å². The zero-order valence-corrected chi connectivity index (χ0v) is 10.6. The van der Waals surface area contributed by atoms with Crippen molar-refractivity contribution in [3.05, 3.63) is 70.5 Å². The van der Waals surface area contributed by atoms with Crippen molar-refractivity contribution >= 4 is 0 Å². The van der Waals surface area contributed by atoms with Crippen LogP contribution in [0.1, 0.15) is 28.3 Å². The standard InChI is InChI=1S/C15H17FN2/c1-10-5-3-4-6-13(10)15(18-17)12-8-7-11(2)14(16)9-12/h3-9,15,18H,17H2,1-2H3. The average Bonchev–Trinajstić information content (AvgIpc) is 2.37. The molecule has 1 unspecified atom stereocenters. The predicted molar refractivity (Wildman–Crippen MR) is 71.5 cm³/mol. The fourth-order valence-electron chi connectivity index (χ4n) is 2.06. The smallest absolute Gasteiger partial charge is 0.126 e. The van der Waals surface area contributed by atoms with Crippen molar-refractivity contribution in [2.45, 2.75) is 19.9 Å². The molecule has 18 heavy (non-hydrogen) atoms. The SMILES string of the molecule is Cc1ccc(C(NN)c2ccccc2C)cc1F. The van der Waals surface area contributed by atoms with Crippen molar-refractivity contribution in [1.29, 1.82) is 0 Å². The van der Waals surface area contributed by atoms with Crippen LogP contribution < -0.4 is 11.3 Å². The molecule has 2 nitrogen and oxygen atoms in total. The molecule has 2 aromatic carbocycles. The Morgan fingerprint density at radius 2 is 1.78 bits per heavy atom. The van der Waals surface area contributed by atoms with E-state index in [-0.39, 0.29) is 11.9 Å². The van der Waals surface area contributed by atoms with Crippen LogP contribution in [0, 0.1) is 19.7 Å².